The van der Waals surface area contributed by atoms with E-state index in [0.29, 0.717) is 0 Å². The van der Waals surface area contributed by atoms with E-state index in [-0.39, 0.29) is 62.0 Å². The van der Waals surface area contributed by atoms with Gasteiger partial charge in [-0.15, -0.1) is 0 Å². The Morgan fingerprint density at radius 2 is 0.852 bits per heavy atom. The summed E-state index contributed by atoms with van der Waals surface area (Å²) in [5.41, 5.74) is 1.38. The van der Waals surface area contributed by atoms with Crippen LogP contribution < -0.4 is 0 Å². The molecule has 0 rings (SSSR count). The summed E-state index contributed by atoms with van der Waals surface area (Å²) in [6, 6.07) is 0. The Morgan fingerprint density at radius 3 is 0.852 bits per heavy atom. The van der Waals surface area contributed by atoms with Crippen molar-refractivity contribution in [2.45, 2.75) is 55.4 Å². The van der Waals surface area contributed by atoms with Crippen LogP contribution in [0.5, 0.6) is 0 Å². The van der Waals surface area contributed by atoms with Crippen molar-refractivity contribution in [1.82, 2.24) is 0 Å². The molecule has 0 unspecified atom stereocenters. The first-order chi connectivity index (χ1) is 11.4. The molecular formula is C19H29O6Rh2. The Balaban J connectivity index is -0.0000000392. The monoisotopic (exact) mass is 559 g/mol. The summed E-state index contributed by atoms with van der Waals surface area (Å²) in [6.07, 6.45) is 4.50. The largest absolute Gasteiger partial charge is 0 e. The quantitative estimate of drug-likeness (QED) is 0.174. The van der Waals surface area contributed by atoms with Crippen LogP contribution >= 0.6 is 0 Å². The Labute approximate surface area is 189 Å². The normalized spacial score (nSPS) is 8.48. The molecule has 0 saturated heterocycles. The van der Waals surface area contributed by atoms with Crippen molar-refractivity contribution < 1.29 is 68.1 Å². The fourth-order valence-corrected chi connectivity index (χ4v) is 1.17. The predicted molar refractivity (Wildman–Crippen MR) is 96.0 cm³/mol. The zero-order valence-electron chi connectivity index (χ0n) is 16.9. The van der Waals surface area contributed by atoms with E-state index in [9.17, 15) is 9.59 Å². The summed E-state index contributed by atoms with van der Waals surface area (Å²) >= 11 is 0. The van der Waals surface area contributed by atoms with Crippen molar-refractivity contribution in [1.29, 1.82) is 0 Å². The predicted octanol–water partition coefficient (Wildman–Crippen LogP) is 4.56. The number of carbonyl (C=O) groups is 2. The van der Waals surface area contributed by atoms with E-state index < -0.39 is 0 Å². The molecule has 6 nitrogen and oxygen atoms in total. The van der Waals surface area contributed by atoms with Crippen molar-refractivity contribution in [2.75, 3.05) is 0 Å². The summed E-state index contributed by atoms with van der Waals surface area (Å²) in [4.78, 5) is 20.0. The minimum Gasteiger partial charge on any atom is 0 e. The topological polar surface area (TPSA) is 114 Å². The molecule has 0 aliphatic carbocycles. The minimum atomic E-state index is -0.125. The van der Waals surface area contributed by atoms with Crippen LogP contribution in [0.1, 0.15) is 55.4 Å². The van der Waals surface area contributed by atoms with Crippen LogP contribution in [0.2, 0.25) is 0 Å². The van der Waals surface area contributed by atoms with Crippen LogP contribution in [-0.4, -0.2) is 21.8 Å². The van der Waals surface area contributed by atoms with Gasteiger partial charge >= 0.3 is 22.6 Å². The zero-order valence-corrected chi connectivity index (χ0v) is 20.2. The van der Waals surface area contributed by atoms with Crippen LogP contribution in [-0.2, 0) is 57.8 Å². The first-order valence-corrected chi connectivity index (χ1v) is 7.00. The summed E-state index contributed by atoms with van der Waals surface area (Å²) in [6.45, 7) is 23.1. The maximum atomic E-state index is 10.0. The number of aliphatic hydroxyl groups is 2. The van der Waals surface area contributed by atoms with Crippen molar-refractivity contribution >= 4 is 11.6 Å². The molecular weight excluding hydrogens is 530 g/mol. The third-order valence-electron chi connectivity index (χ3n) is 1.40. The maximum Gasteiger partial charge on any atom is 0 e. The molecule has 159 valence electrons. The molecule has 0 aromatic rings. The smallest absolute Gasteiger partial charge is 0 e. The van der Waals surface area contributed by atoms with Gasteiger partial charge in [-0.1, -0.05) is 25.5 Å². The van der Waals surface area contributed by atoms with Crippen molar-refractivity contribution in [3.8, 4) is 0 Å². The molecule has 0 saturated carbocycles. The van der Waals surface area contributed by atoms with Gasteiger partial charge in [-0.05, 0) is 47.5 Å². The molecule has 0 aromatic carbocycles. The second kappa shape index (κ2) is 35.9. The van der Waals surface area contributed by atoms with Gasteiger partial charge in [-0.25, -0.2) is 0 Å². The third kappa shape index (κ3) is 110. The van der Waals surface area contributed by atoms with Crippen molar-refractivity contribution in [3.05, 3.63) is 54.5 Å². The standard InChI is InChI=1S/C7H13.2C5H8O2.2CO.2Rh/c1-6(2)5-7(3)4;2*1-4(6)3-5(2)7;2*1-2;;/h5H,1-4H3;2*3,6H,1-2H3;;;;/b;2*4-3-;;;;. The van der Waals surface area contributed by atoms with E-state index in [1.807, 2.05) is 0 Å². The summed E-state index contributed by atoms with van der Waals surface area (Å²) in [7, 11) is 0. The SMILES string of the molecule is CC(=O)/C=C(/C)O.CC(=O)/C=C(/C)O.C[C](C)C=C(C)C.[C-]#[O+].[C-]#[O+].[Rh].[Rh]. The van der Waals surface area contributed by atoms with Crippen molar-refractivity contribution in [3.63, 3.8) is 0 Å². The average molecular weight is 559 g/mol. The van der Waals surface area contributed by atoms with E-state index in [1.54, 1.807) is 0 Å². The van der Waals surface area contributed by atoms with Crippen LogP contribution in [0.4, 0.5) is 0 Å². The van der Waals surface area contributed by atoms with Gasteiger partial charge in [0.15, 0.2) is 11.6 Å². The van der Waals surface area contributed by atoms with Crippen LogP contribution in [0.15, 0.2) is 35.3 Å². The third-order valence-corrected chi connectivity index (χ3v) is 1.40. The average Bonchev–Trinajstić information content (AvgIpc) is 2.39. The molecule has 0 fully saturated rings. The van der Waals surface area contributed by atoms with E-state index in [0.717, 1.165) is 0 Å². The molecule has 0 atom stereocenters. The summed E-state index contributed by atoms with van der Waals surface area (Å²) in [5, 5.41) is 16.7. The van der Waals surface area contributed by atoms with E-state index in [2.05, 4.69) is 47.1 Å². The molecule has 0 aromatic heterocycles. The number of aliphatic hydroxyl groups excluding tert-OH is 2. The Hall–Kier alpha value is -1.11. The number of carbonyl (C=O) groups excluding carboxylic acids is 2. The van der Waals surface area contributed by atoms with Gasteiger partial charge in [-0.3, -0.25) is 9.59 Å². The van der Waals surface area contributed by atoms with Gasteiger partial charge in [0, 0.05) is 51.1 Å². The van der Waals surface area contributed by atoms with Gasteiger partial charge in [0.1, 0.15) is 0 Å². The Kier molecular flexibility index (Phi) is 59.8. The number of ketones is 2. The number of rotatable bonds is 3. The van der Waals surface area contributed by atoms with Gasteiger partial charge in [0.2, 0.25) is 0 Å². The van der Waals surface area contributed by atoms with Crippen LogP contribution in [0.25, 0.3) is 0 Å². The molecule has 0 bridgehead atoms. The molecule has 8 heteroatoms. The first kappa shape index (κ1) is 44.9. The van der Waals surface area contributed by atoms with Crippen LogP contribution in [0.3, 0.4) is 0 Å². The van der Waals surface area contributed by atoms with Crippen molar-refractivity contribution in [2.24, 2.45) is 0 Å². The number of allylic oxidation sites excluding steroid dienone is 6. The second-order valence-corrected chi connectivity index (χ2v) is 5.09. The molecule has 27 heavy (non-hydrogen) atoms. The number of hydrogen-bond acceptors (Lipinski definition) is 4. The van der Waals surface area contributed by atoms with E-state index in [4.69, 9.17) is 19.5 Å². The second-order valence-electron chi connectivity index (χ2n) is 5.09. The summed E-state index contributed by atoms with van der Waals surface area (Å²) < 4.78 is 15.0. The molecule has 3 radical (unpaired) electrons. The fraction of sp³-hybridized carbons (Fsp3) is 0.421. The van der Waals surface area contributed by atoms with E-state index >= 15 is 0 Å². The van der Waals surface area contributed by atoms with Gasteiger partial charge in [0.25, 0.3) is 0 Å². The van der Waals surface area contributed by atoms with Gasteiger partial charge in [0.05, 0.1) is 11.5 Å². The number of hydrogen-bond donors (Lipinski definition) is 2. The van der Waals surface area contributed by atoms with Gasteiger partial charge in [-0.2, -0.15) is 0 Å². The molecule has 0 spiro atoms. The maximum absolute atomic E-state index is 10.0. The fourth-order valence-electron chi connectivity index (χ4n) is 1.17. The molecule has 0 heterocycles. The summed E-state index contributed by atoms with van der Waals surface area (Å²) in [5.74, 6) is 1.25. The van der Waals surface area contributed by atoms with Crippen LogP contribution in [0, 0.1) is 19.2 Å². The first-order valence-electron chi connectivity index (χ1n) is 7.00. The Bertz CT molecular complexity index is 441. The molecule has 0 aliphatic heterocycles. The van der Waals surface area contributed by atoms with Gasteiger partial charge < -0.3 is 10.2 Å². The molecule has 2 N–H and O–H groups in total. The Morgan fingerprint density at radius 1 is 0.630 bits per heavy atom. The molecule has 0 aliphatic rings. The zero-order chi connectivity index (χ0) is 21.6. The molecule has 0 amide bonds. The van der Waals surface area contributed by atoms with E-state index in [1.165, 1.54) is 51.3 Å². The minimum absolute atomic E-state index is 0.